The first-order valence-corrected chi connectivity index (χ1v) is 8.62. The van der Waals surface area contributed by atoms with Crippen molar-refractivity contribution < 1.29 is 17.5 Å². The van der Waals surface area contributed by atoms with E-state index in [1.54, 1.807) is 0 Å². The van der Waals surface area contributed by atoms with Crippen LogP contribution >= 0.6 is 11.6 Å². The second-order valence-corrected chi connectivity index (χ2v) is 6.96. The van der Waals surface area contributed by atoms with Crippen molar-refractivity contribution >= 4 is 21.6 Å². The summed E-state index contributed by atoms with van der Waals surface area (Å²) in [5.74, 6) is -0.866. The van der Waals surface area contributed by atoms with E-state index in [0.29, 0.717) is 0 Å². The summed E-state index contributed by atoms with van der Waals surface area (Å²) in [7, 11) is -3.89. The fourth-order valence-corrected chi connectivity index (χ4v) is 3.36. The molecule has 1 fully saturated rings. The van der Waals surface area contributed by atoms with E-state index in [4.69, 9.17) is 16.3 Å². The van der Waals surface area contributed by atoms with Crippen molar-refractivity contribution in [3.05, 3.63) is 29.0 Å². The highest BCUT2D eigenvalue weighted by atomic mass is 35.5. The normalized spacial score (nSPS) is 17.0. The second-order valence-electron chi connectivity index (χ2n) is 4.79. The predicted octanol–water partition coefficient (Wildman–Crippen LogP) is 1.53. The first kappa shape index (κ1) is 16.6. The third-order valence-corrected chi connectivity index (χ3v) is 4.95. The Hall–Kier alpha value is -0.730. The molecule has 1 aromatic rings. The van der Waals surface area contributed by atoms with Crippen LogP contribution < -0.4 is 10.0 Å². The van der Waals surface area contributed by atoms with E-state index in [1.165, 1.54) is 6.07 Å². The van der Waals surface area contributed by atoms with Gasteiger partial charge >= 0.3 is 0 Å². The largest absolute Gasteiger partial charge is 0.377 e. The summed E-state index contributed by atoms with van der Waals surface area (Å²) in [6, 6.07) is 3.46. The van der Waals surface area contributed by atoms with E-state index in [9.17, 15) is 12.8 Å². The third kappa shape index (κ3) is 4.89. The number of ether oxygens (including phenoxy) is 1. The van der Waals surface area contributed by atoms with Gasteiger partial charge in [-0.3, -0.25) is 0 Å². The Morgan fingerprint density at radius 2 is 2.10 bits per heavy atom. The lowest BCUT2D eigenvalue weighted by atomic mass is 10.1. The molecule has 0 unspecified atom stereocenters. The molecule has 1 heterocycles. The summed E-state index contributed by atoms with van der Waals surface area (Å²) in [6.07, 6.45) is 1.99. The van der Waals surface area contributed by atoms with Crippen molar-refractivity contribution in [1.82, 2.24) is 10.0 Å². The molecule has 8 heteroatoms. The van der Waals surface area contributed by atoms with Crippen LogP contribution in [-0.4, -0.2) is 40.8 Å². The number of rotatable bonds is 6. The van der Waals surface area contributed by atoms with E-state index >= 15 is 0 Å². The van der Waals surface area contributed by atoms with Crippen molar-refractivity contribution in [2.45, 2.75) is 23.8 Å². The van der Waals surface area contributed by atoms with Crippen LogP contribution in [0.25, 0.3) is 0 Å². The average molecular weight is 337 g/mol. The van der Waals surface area contributed by atoms with Gasteiger partial charge in [0.05, 0.1) is 12.7 Å². The summed E-state index contributed by atoms with van der Waals surface area (Å²) < 4.78 is 45.4. The minimum atomic E-state index is -3.89. The van der Waals surface area contributed by atoms with Crippen molar-refractivity contribution in [2.75, 3.05) is 26.2 Å². The number of nitrogens with one attached hydrogen (secondary N) is 2. The summed E-state index contributed by atoms with van der Waals surface area (Å²) in [5, 5.41) is 3.37. The van der Waals surface area contributed by atoms with Gasteiger partial charge in [-0.2, -0.15) is 0 Å². The maximum Gasteiger partial charge on any atom is 0.243 e. The molecule has 21 heavy (non-hydrogen) atoms. The second kappa shape index (κ2) is 7.51. The lowest BCUT2D eigenvalue weighted by molar-refractivity contribution is 0.0366. The number of piperidine rings is 1. The number of sulfonamides is 1. The lowest BCUT2D eigenvalue weighted by Crippen LogP contribution is -2.35. The van der Waals surface area contributed by atoms with Gasteiger partial charge in [0.25, 0.3) is 0 Å². The Morgan fingerprint density at radius 3 is 2.76 bits per heavy atom. The minimum Gasteiger partial charge on any atom is -0.377 e. The zero-order valence-corrected chi connectivity index (χ0v) is 13.0. The van der Waals surface area contributed by atoms with E-state index in [1.807, 2.05) is 0 Å². The zero-order valence-electron chi connectivity index (χ0n) is 11.4. The molecule has 0 aliphatic carbocycles. The fraction of sp³-hybridized carbons (Fsp3) is 0.538. The molecule has 0 radical (unpaired) electrons. The number of hydrogen-bond donors (Lipinski definition) is 2. The summed E-state index contributed by atoms with van der Waals surface area (Å²) in [5.41, 5.74) is 0. The highest BCUT2D eigenvalue weighted by Crippen LogP contribution is 2.18. The average Bonchev–Trinajstić information content (AvgIpc) is 2.44. The van der Waals surface area contributed by atoms with Crippen LogP contribution in [0.3, 0.4) is 0 Å². The summed E-state index contributed by atoms with van der Waals surface area (Å²) >= 11 is 5.60. The maximum atomic E-state index is 13.6. The Balaban J connectivity index is 1.83. The first-order valence-electron chi connectivity index (χ1n) is 6.76. The number of hydrogen-bond acceptors (Lipinski definition) is 4. The van der Waals surface area contributed by atoms with Crippen LogP contribution in [0.5, 0.6) is 0 Å². The van der Waals surface area contributed by atoms with Crippen molar-refractivity contribution in [3.63, 3.8) is 0 Å². The van der Waals surface area contributed by atoms with E-state index in [2.05, 4.69) is 10.0 Å². The van der Waals surface area contributed by atoms with Crippen LogP contribution in [0.4, 0.5) is 4.39 Å². The van der Waals surface area contributed by atoms with Gasteiger partial charge in [-0.05, 0) is 44.1 Å². The Kier molecular flexibility index (Phi) is 5.95. The maximum absolute atomic E-state index is 13.6. The molecule has 1 aliphatic rings. The van der Waals surface area contributed by atoms with Gasteiger partial charge in [0.2, 0.25) is 10.0 Å². The Labute approximate surface area is 128 Å². The molecule has 0 saturated carbocycles. The molecular formula is C13H18ClFN2O3S. The molecule has 0 atom stereocenters. The van der Waals surface area contributed by atoms with Gasteiger partial charge in [0.15, 0.2) is 0 Å². The van der Waals surface area contributed by atoms with Gasteiger partial charge < -0.3 is 10.1 Å². The van der Waals surface area contributed by atoms with E-state index in [-0.39, 0.29) is 24.3 Å². The molecule has 0 amide bonds. The molecule has 0 spiro atoms. The predicted molar refractivity (Wildman–Crippen MR) is 78.4 cm³/mol. The molecule has 5 nitrogen and oxygen atoms in total. The van der Waals surface area contributed by atoms with Crippen LogP contribution in [0.1, 0.15) is 12.8 Å². The minimum absolute atomic E-state index is 0.105. The van der Waals surface area contributed by atoms with E-state index in [0.717, 1.165) is 38.1 Å². The monoisotopic (exact) mass is 336 g/mol. The van der Waals surface area contributed by atoms with Gasteiger partial charge in [-0.15, -0.1) is 0 Å². The summed E-state index contributed by atoms with van der Waals surface area (Å²) in [6.45, 7) is 2.19. The highest BCUT2D eigenvalue weighted by molar-refractivity contribution is 7.89. The molecule has 1 saturated heterocycles. The van der Waals surface area contributed by atoms with Gasteiger partial charge in [-0.25, -0.2) is 17.5 Å². The van der Waals surface area contributed by atoms with Crippen molar-refractivity contribution in [1.29, 1.82) is 0 Å². The molecule has 0 bridgehead atoms. The molecule has 2 rings (SSSR count). The van der Waals surface area contributed by atoms with Crippen LogP contribution in [0.15, 0.2) is 23.1 Å². The lowest BCUT2D eigenvalue weighted by Gasteiger charge is -2.22. The van der Waals surface area contributed by atoms with Gasteiger partial charge in [0, 0.05) is 11.6 Å². The zero-order chi connectivity index (χ0) is 15.3. The van der Waals surface area contributed by atoms with Gasteiger partial charge in [0.1, 0.15) is 10.7 Å². The first-order chi connectivity index (χ1) is 9.99. The van der Waals surface area contributed by atoms with Crippen LogP contribution in [-0.2, 0) is 14.8 Å². The Bertz CT molecular complexity index is 577. The molecule has 0 aromatic heterocycles. The molecule has 118 valence electrons. The highest BCUT2D eigenvalue weighted by Gasteiger charge is 2.19. The van der Waals surface area contributed by atoms with Crippen LogP contribution in [0, 0.1) is 5.82 Å². The Morgan fingerprint density at radius 1 is 1.38 bits per heavy atom. The van der Waals surface area contributed by atoms with Crippen molar-refractivity contribution in [2.24, 2.45) is 0 Å². The fourth-order valence-electron chi connectivity index (χ4n) is 2.13. The SMILES string of the molecule is O=S(=O)(NCCOC1CCNCC1)c1ccc(Cl)cc1F. The molecular weight excluding hydrogens is 319 g/mol. The standard InChI is InChI=1S/C13H18ClFN2O3S/c14-10-1-2-13(12(15)9-10)21(18,19)17-7-8-20-11-3-5-16-6-4-11/h1-2,9,11,16-17H,3-8H2. The molecule has 1 aromatic carbocycles. The third-order valence-electron chi connectivity index (χ3n) is 3.22. The smallest absolute Gasteiger partial charge is 0.243 e. The van der Waals surface area contributed by atoms with E-state index < -0.39 is 20.7 Å². The number of benzene rings is 1. The van der Waals surface area contributed by atoms with Crippen LogP contribution in [0.2, 0.25) is 5.02 Å². The van der Waals surface area contributed by atoms with Crippen molar-refractivity contribution in [3.8, 4) is 0 Å². The number of halogens is 2. The molecule has 2 N–H and O–H groups in total. The topological polar surface area (TPSA) is 67.4 Å². The summed E-state index contributed by atoms with van der Waals surface area (Å²) in [4.78, 5) is -0.409. The van der Waals surface area contributed by atoms with Gasteiger partial charge in [-0.1, -0.05) is 11.6 Å². The molecule has 1 aliphatic heterocycles. The quantitative estimate of drug-likeness (QED) is 0.773.